The van der Waals surface area contributed by atoms with E-state index in [1.807, 2.05) is 0 Å². The second-order valence-corrected chi connectivity index (χ2v) is 8.92. The quantitative estimate of drug-likeness (QED) is 0.707. The molecule has 1 aromatic rings. The first-order chi connectivity index (χ1) is 14.2. The molecule has 0 radical (unpaired) electrons. The normalized spacial score (nSPS) is 24.3. The summed E-state index contributed by atoms with van der Waals surface area (Å²) in [6.07, 6.45) is 6.99. The Bertz CT molecular complexity index is 717. The molecule has 0 bridgehead atoms. The van der Waals surface area contributed by atoms with Crippen LogP contribution in [0.15, 0.2) is 18.5 Å². The molecule has 0 aliphatic heterocycles. The number of amides is 2. The third-order valence-electron chi connectivity index (χ3n) is 6.46. The molecule has 0 spiro atoms. The van der Waals surface area contributed by atoms with Gasteiger partial charge in [-0.3, -0.25) is 9.59 Å². The van der Waals surface area contributed by atoms with E-state index in [-0.39, 0.29) is 17.5 Å². The van der Waals surface area contributed by atoms with E-state index >= 15 is 0 Å². The van der Waals surface area contributed by atoms with Gasteiger partial charge in [0.25, 0.3) is 0 Å². The van der Waals surface area contributed by atoms with Crippen LogP contribution < -0.4 is 10.6 Å². The number of hydrogen-bond acceptors (Lipinski definition) is 2. The first-order valence-electron chi connectivity index (χ1n) is 11.0. The predicted molar refractivity (Wildman–Crippen MR) is 107 cm³/mol. The fourth-order valence-corrected chi connectivity index (χ4v) is 4.75. The Balaban J connectivity index is 1.46. The van der Waals surface area contributed by atoms with Crippen LogP contribution in [0, 0.1) is 11.8 Å². The van der Waals surface area contributed by atoms with Gasteiger partial charge in [-0.25, -0.2) is 0 Å². The average molecular weight is 428 g/mol. The monoisotopic (exact) mass is 427 g/mol. The summed E-state index contributed by atoms with van der Waals surface area (Å²) in [5, 5.41) is 5.27. The van der Waals surface area contributed by atoms with Gasteiger partial charge in [0, 0.05) is 43.4 Å². The standard InChI is InChI=1S/C22H32F3N3O2/c1-28-12-11-17(14-28)20(22(23,24)25)27-21(30)16-7-9-18(10-8-16)26-19(29)13-15-5-3-2-4-6-15/h11-12,14-16,18,20H,2-10,13H2,1H3,(H,26,29)(H,27,30)/t16?,18?,20-/m1/s1. The average Bonchev–Trinajstić information content (AvgIpc) is 3.12. The van der Waals surface area contributed by atoms with E-state index in [0.29, 0.717) is 38.0 Å². The van der Waals surface area contributed by atoms with Crippen molar-refractivity contribution in [2.45, 2.75) is 82.5 Å². The number of halogens is 3. The van der Waals surface area contributed by atoms with E-state index in [1.165, 1.54) is 42.3 Å². The highest BCUT2D eigenvalue weighted by Crippen LogP contribution is 2.34. The van der Waals surface area contributed by atoms with Crippen LogP contribution in [0.4, 0.5) is 13.2 Å². The first-order valence-corrected chi connectivity index (χ1v) is 11.0. The van der Waals surface area contributed by atoms with Crippen LogP contribution in [0.1, 0.15) is 75.8 Å². The van der Waals surface area contributed by atoms with Gasteiger partial charge in [-0.05, 0) is 50.5 Å². The maximum Gasteiger partial charge on any atom is 0.412 e. The van der Waals surface area contributed by atoms with Gasteiger partial charge in [-0.1, -0.05) is 19.3 Å². The number of hydrogen-bond donors (Lipinski definition) is 2. The molecule has 5 nitrogen and oxygen atoms in total. The van der Waals surface area contributed by atoms with Crippen LogP contribution in [-0.2, 0) is 16.6 Å². The number of nitrogens with one attached hydrogen (secondary N) is 2. The molecule has 2 saturated carbocycles. The number of carbonyl (C=O) groups excluding carboxylic acids is 2. The van der Waals surface area contributed by atoms with E-state index in [2.05, 4.69) is 10.6 Å². The van der Waals surface area contributed by atoms with Gasteiger partial charge in [-0.15, -0.1) is 0 Å². The minimum atomic E-state index is -4.55. The molecular formula is C22H32F3N3O2. The van der Waals surface area contributed by atoms with Gasteiger partial charge in [0.2, 0.25) is 11.8 Å². The summed E-state index contributed by atoms with van der Waals surface area (Å²) in [6.45, 7) is 0. The van der Waals surface area contributed by atoms with Crippen LogP contribution in [0.3, 0.4) is 0 Å². The number of nitrogens with zero attached hydrogens (tertiary/aromatic N) is 1. The van der Waals surface area contributed by atoms with Crippen molar-refractivity contribution in [3.63, 3.8) is 0 Å². The lowest BCUT2D eigenvalue weighted by atomic mass is 9.84. The van der Waals surface area contributed by atoms with Gasteiger partial charge in [0.05, 0.1) is 0 Å². The smallest absolute Gasteiger partial charge is 0.357 e. The summed E-state index contributed by atoms with van der Waals surface area (Å²) >= 11 is 0. The zero-order chi connectivity index (χ0) is 21.7. The zero-order valence-corrected chi connectivity index (χ0v) is 17.5. The zero-order valence-electron chi connectivity index (χ0n) is 17.5. The van der Waals surface area contributed by atoms with E-state index < -0.39 is 24.0 Å². The fourth-order valence-electron chi connectivity index (χ4n) is 4.75. The van der Waals surface area contributed by atoms with E-state index in [0.717, 1.165) is 12.8 Å². The Morgan fingerprint density at radius 2 is 1.77 bits per heavy atom. The molecule has 8 heteroatoms. The van der Waals surface area contributed by atoms with Gasteiger partial charge in [-0.2, -0.15) is 13.2 Å². The Hall–Kier alpha value is -1.99. The Morgan fingerprint density at radius 3 is 2.33 bits per heavy atom. The van der Waals surface area contributed by atoms with Gasteiger partial charge in [0.1, 0.15) is 0 Å². The minimum absolute atomic E-state index is 0.0117. The number of carbonyl (C=O) groups is 2. The van der Waals surface area contributed by atoms with Crippen molar-refractivity contribution in [2.24, 2.45) is 18.9 Å². The molecule has 0 unspecified atom stereocenters. The Kier molecular flexibility index (Phi) is 7.47. The molecule has 2 amide bonds. The summed E-state index contributed by atoms with van der Waals surface area (Å²) in [7, 11) is 1.64. The van der Waals surface area contributed by atoms with Crippen molar-refractivity contribution in [3.8, 4) is 0 Å². The minimum Gasteiger partial charge on any atom is -0.357 e. The van der Waals surface area contributed by atoms with Crippen molar-refractivity contribution < 1.29 is 22.8 Å². The summed E-state index contributed by atoms with van der Waals surface area (Å²) in [5.41, 5.74) is 0.0296. The van der Waals surface area contributed by atoms with E-state index in [9.17, 15) is 22.8 Å². The summed E-state index contributed by atoms with van der Waals surface area (Å²) in [4.78, 5) is 24.8. The molecule has 168 valence electrons. The van der Waals surface area contributed by atoms with Crippen molar-refractivity contribution in [1.82, 2.24) is 15.2 Å². The molecule has 1 aromatic heterocycles. The fraction of sp³-hybridized carbons (Fsp3) is 0.727. The molecule has 2 aliphatic rings. The third kappa shape index (κ3) is 6.25. The maximum absolute atomic E-state index is 13.5. The molecule has 2 N–H and O–H groups in total. The molecule has 2 fully saturated rings. The van der Waals surface area contributed by atoms with Gasteiger partial charge in [0.15, 0.2) is 6.04 Å². The SMILES string of the molecule is Cn1ccc([C@@H](NC(=O)C2CCC(NC(=O)CC3CCCCC3)CC2)C(F)(F)F)c1. The van der Waals surface area contributed by atoms with Crippen molar-refractivity contribution >= 4 is 11.8 Å². The molecule has 1 atom stereocenters. The molecule has 2 aliphatic carbocycles. The van der Waals surface area contributed by atoms with Crippen LogP contribution >= 0.6 is 0 Å². The first kappa shape index (κ1) is 22.7. The number of aryl methyl sites for hydroxylation is 1. The van der Waals surface area contributed by atoms with Crippen LogP contribution in [-0.4, -0.2) is 28.6 Å². The van der Waals surface area contributed by atoms with Crippen molar-refractivity contribution in [3.05, 3.63) is 24.0 Å². The van der Waals surface area contributed by atoms with Gasteiger partial charge < -0.3 is 15.2 Å². The molecule has 1 heterocycles. The largest absolute Gasteiger partial charge is 0.412 e. The summed E-state index contributed by atoms with van der Waals surface area (Å²) in [6, 6.07) is -0.617. The van der Waals surface area contributed by atoms with Crippen LogP contribution in [0.25, 0.3) is 0 Å². The molecule has 30 heavy (non-hydrogen) atoms. The Morgan fingerprint density at radius 1 is 1.10 bits per heavy atom. The Labute approximate surface area is 175 Å². The van der Waals surface area contributed by atoms with Crippen LogP contribution in [0.2, 0.25) is 0 Å². The number of aromatic nitrogens is 1. The lowest BCUT2D eigenvalue weighted by molar-refractivity contribution is -0.165. The molecule has 3 rings (SSSR count). The van der Waals surface area contributed by atoms with E-state index in [1.54, 1.807) is 7.05 Å². The summed E-state index contributed by atoms with van der Waals surface area (Å²) in [5.74, 6) is -0.479. The number of alkyl halides is 3. The molecule has 0 aromatic carbocycles. The highest BCUT2D eigenvalue weighted by molar-refractivity contribution is 5.79. The molecular weight excluding hydrogens is 395 g/mol. The van der Waals surface area contributed by atoms with Crippen molar-refractivity contribution in [1.29, 1.82) is 0 Å². The lowest BCUT2D eigenvalue weighted by Crippen LogP contribution is -2.44. The lowest BCUT2D eigenvalue weighted by Gasteiger charge is -2.30. The van der Waals surface area contributed by atoms with Gasteiger partial charge >= 0.3 is 6.18 Å². The number of rotatable bonds is 6. The third-order valence-corrected chi connectivity index (χ3v) is 6.46. The van der Waals surface area contributed by atoms with Crippen LogP contribution in [0.5, 0.6) is 0 Å². The maximum atomic E-state index is 13.5. The van der Waals surface area contributed by atoms with E-state index in [4.69, 9.17) is 0 Å². The second-order valence-electron chi connectivity index (χ2n) is 8.92. The van der Waals surface area contributed by atoms with Crippen molar-refractivity contribution in [2.75, 3.05) is 0 Å². The predicted octanol–water partition coefficient (Wildman–Crippen LogP) is 4.39. The highest BCUT2D eigenvalue weighted by Gasteiger charge is 2.43. The topological polar surface area (TPSA) is 63.1 Å². The second kappa shape index (κ2) is 9.88. The molecule has 0 saturated heterocycles. The highest BCUT2D eigenvalue weighted by atomic mass is 19.4. The summed E-state index contributed by atoms with van der Waals surface area (Å²) < 4.78 is 41.9.